The number of fused-ring (bicyclic) bond motifs is 1. The van der Waals surface area contributed by atoms with Crippen molar-refractivity contribution in [1.29, 1.82) is 0 Å². The van der Waals surface area contributed by atoms with Crippen molar-refractivity contribution in [3.8, 4) is 0 Å². The van der Waals surface area contributed by atoms with E-state index in [2.05, 4.69) is 10.7 Å². The molecule has 0 aromatic heterocycles. The minimum atomic E-state index is -0.492. The summed E-state index contributed by atoms with van der Waals surface area (Å²) in [7, 11) is 0. The van der Waals surface area contributed by atoms with Crippen LogP contribution in [0.1, 0.15) is 11.6 Å². The molecule has 0 saturated heterocycles. The predicted octanol–water partition coefficient (Wildman–Crippen LogP) is 0.796. The Morgan fingerprint density at radius 2 is 2.31 bits per heavy atom. The Bertz CT molecular complexity index is 366. The smallest absolute Gasteiger partial charge is 0.247 e. The molecule has 1 aromatic rings. The van der Waals surface area contributed by atoms with Crippen LogP contribution in [0.3, 0.4) is 0 Å². The number of hydrogen-bond donors (Lipinski definition) is 3. The Morgan fingerprint density at radius 1 is 1.54 bits per heavy atom. The third-order valence-corrected chi connectivity index (χ3v) is 2.25. The summed E-state index contributed by atoms with van der Waals surface area (Å²) in [6.45, 7) is 0. The number of amides is 1. The largest absolute Gasteiger partial charge is 0.324 e. The maximum Gasteiger partial charge on any atom is 0.247 e. The van der Waals surface area contributed by atoms with E-state index in [1.54, 1.807) is 18.2 Å². The molecule has 0 bridgehead atoms. The minimum Gasteiger partial charge on any atom is -0.324 e. The van der Waals surface area contributed by atoms with Gasteiger partial charge in [-0.2, -0.15) is 0 Å². The number of halogens is 1. The molecule has 2 rings (SSSR count). The highest BCUT2D eigenvalue weighted by molar-refractivity contribution is 6.31. The number of hydrogen-bond acceptors (Lipinski definition) is 3. The maximum absolute atomic E-state index is 11.3. The van der Waals surface area contributed by atoms with Crippen LogP contribution >= 0.6 is 11.6 Å². The summed E-state index contributed by atoms with van der Waals surface area (Å²) in [5.41, 5.74) is 3.98. The van der Waals surface area contributed by atoms with Gasteiger partial charge < -0.3 is 5.32 Å². The second-order valence-corrected chi connectivity index (χ2v) is 3.26. The first-order valence-electron chi connectivity index (χ1n) is 3.79. The fourth-order valence-corrected chi connectivity index (χ4v) is 1.58. The van der Waals surface area contributed by atoms with Crippen LogP contribution in [0.2, 0.25) is 5.02 Å². The molecule has 68 valence electrons. The summed E-state index contributed by atoms with van der Waals surface area (Å²) >= 11 is 5.79. The number of carbonyl (C=O) groups excluding carboxylic acids is 1. The standard InChI is InChI=1S/C8H8ClN3O/c9-4-1-2-6-5(3-4)7(12-10)8(13)11-6/h1-3,7,12H,10H2,(H,11,13). The van der Waals surface area contributed by atoms with Crippen molar-refractivity contribution >= 4 is 23.2 Å². The normalized spacial score (nSPS) is 19.8. The lowest BCUT2D eigenvalue weighted by Gasteiger charge is -2.05. The lowest BCUT2D eigenvalue weighted by atomic mass is 10.1. The van der Waals surface area contributed by atoms with E-state index in [-0.39, 0.29) is 5.91 Å². The molecule has 4 nitrogen and oxygen atoms in total. The fraction of sp³-hybridized carbons (Fsp3) is 0.125. The van der Waals surface area contributed by atoms with Crippen LogP contribution in [0, 0.1) is 0 Å². The predicted molar refractivity (Wildman–Crippen MR) is 50.1 cm³/mol. The van der Waals surface area contributed by atoms with Gasteiger partial charge >= 0.3 is 0 Å². The molecule has 1 heterocycles. The van der Waals surface area contributed by atoms with Gasteiger partial charge in [0, 0.05) is 16.3 Å². The highest BCUT2D eigenvalue weighted by Crippen LogP contribution is 2.32. The molecule has 13 heavy (non-hydrogen) atoms. The van der Waals surface area contributed by atoms with Gasteiger partial charge in [-0.25, -0.2) is 5.43 Å². The van der Waals surface area contributed by atoms with E-state index in [1.165, 1.54) is 0 Å². The zero-order chi connectivity index (χ0) is 9.42. The van der Waals surface area contributed by atoms with Crippen LogP contribution in [-0.2, 0) is 4.79 Å². The molecule has 0 aliphatic carbocycles. The van der Waals surface area contributed by atoms with E-state index < -0.39 is 6.04 Å². The van der Waals surface area contributed by atoms with E-state index in [9.17, 15) is 4.79 Å². The minimum absolute atomic E-state index is 0.153. The summed E-state index contributed by atoms with van der Waals surface area (Å²) in [5, 5.41) is 3.28. The summed E-state index contributed by atoms with van der Waals surface area (Å²) in [6, 6.07) is 4.71. The molecule has 1 amide bonds. The van der Waals surface area contributed by atoms with Gasteiger partial charge in [0.25, 0.3) is 0 Å². The number of nitrogens with two attached hydrogens (primary N) is 1. The van der Waals surface area contributed by atoms with Gasteiger partial charge in [-0.15, -0.1) is 0 Å². The molecule has 0 saturated carbocycles. The van der Waals surface area contributed by atoms with E-state index >= 15 is 0 Å². The van der Waals surface area contributed by atoms with Gasteiger partial charge in [0.1, 0.15) is 6.04 Å². The van der Waals surface area contributed by atoms with Crippen molar-refractivity contribution in [2.75, 3.05) is 5.32 Å². The molecular weight excluding hydrogens is 190 g/mol. The second-order valence-electron chi connectivity index (χ2n) is 2.82. The summed E-state index contributed by atoms with van der Waals surface area (Å²) in [5.74, 6) is 5.08. The molecule has 0 radical (unpaired) electrons. The van der Waals surface area contributed by atoms with Gasteiger partial charge in [0.05, 0.1) is 0 Å². The molecule has 1 aromatic carbocycles. The van der Waals surface area contributed by atoms with Gasteiger partial charge in [0.2, 0.25) is 5.91 Å². The molecule has 4 N–H and O–H groups in total. The van der Waals surface area contributed by atoms with Crippen molar-refractivity contribution in [3.63, 3.8) is 0 Å². The zero-order valence-electron chi connectivity index (χ0n) is 6.67. The molecule has 1 atom stereocenters. The van der Waals surface area contributed by atoms with Gasteiger partial charge in [-0.1, -0.05) is 11.6 Å². The lowest BCUT2D eigenvalue weighted by Crippen LogP contribution is -2.32. The average Bonchev–Trinajstić information content (AvgIpc) is 2.40. The average molecular weight is 198 g/mol. The van der Waals surface area contributed by atoms with Crippen LogP contribution in [0.4, 0.5) is 5.69 Å². The summed E-state index contributed by atoms with van der Waals surface area (Å²) in [4.78, 5) is 11.3. The quantitative estimate of drug-likeness (QED) is 0.461. The highest BCUT2D eigenvalue weighted by atomic mass is 35.5. The van der Waals surface area contributed by atoms with Crippen LogP contribution in [0.25, 0.3) is 0 Å². The topological polar surface area (TPSA) is 67.1 Å². The monoisotopic (exact) mass is 197 g/mol. The number of carbonyl (C=O) groups is 1. The number of anilines is 1. The van der Waals surface area contributed by atoms with Crippen LogP contribution in [0.15, 0.2) is 18.2 Å². The van der Waals surface area contributed by atoms with Crippen molar-refractivity contribution in [3.05, 3.63) is 28.8 Å². The maximum atomic E-state index is 11.3. The third-order valence-electron chi connectivity index (χ3n) is 2.01. The Morgan fingerprint density at radius 3 is 3.00 bits per heavy atom. The van der Waals surface area contributed by atoms with E-state index in [4.69, 9.17) is 17.4 Å². The van der Waals surface area contributed by atoms with Crippen molar-refractivity contribution in [2.45, 2.75) is 6.04 Å². The Labute approximate surface area is 80.0 Å². The molecule has 1 aliphatic heterocycles. The number of rotatable bonds is 1. The number of nitrogens with one attached hydrogen (secondary N) is 2. The zero-order valence-corrected chi connectivity index (χ0v) is 7.43. The first-order chi connectivity index (χ1) is 6.22. The second kappa shape index (κ2) is 2.99. The van der Waals surface area contributed by atoms with E-state index in [0.717, 1.165) is 11.3 Å². The molecule has 0 fully saturated rings. The van der Waals surface area contributed by atoms with Crippen molar-refractivity contribution in [2.24, 2.45) is 5.84 Å². The van der Waals surface area contributed by atoms with Crippen molar-refractivity contribution in [1.82, 2.24) is 5.43 Å². The van der Waals surface area contributed by atoms with E-state index in [0.29, 0.717) is 5.02 Å². The Kier molecular flexibility index (Phi) is 1.95. The van der Waals surface area contributed by atoms with Crippen LogP contribution in [-0.4, -0.2) is 5.91 Å². The molecule has 1 unspecified atom stereocenters. The molecule has 1 aliphatic rings. The van der Waals surface area contributed by atoms with Gasteiger partial charge in [-0.05, 0) is 18.2 Å². The first-order valence-corrected chi connectivity index (χ1v) is 4.16. The van der Waals surface area contributed by atoms with Crippen LogP contribution in [0.5, 0.6) is 0 Å². The van der Waals surface area contributed by atoms with Gasteiger partial charge in [0.15, 0.2) is 0 Å². The van der Waals surface area contributed by atoms with Crippen molar-refractivity contribution < 1.29 is 4.79 Å². The first kappa shape index (κ1) is 8.50. The number of hydrazine groups is 1. The Balaban J connectivity index is 2.50. The summed E-state index contributed by atoms with van der Waals surface area (Å²) in [6.07, 6.45) is 0. The van der Waals surface area contributed by atoms with Gasteiger partial charge in [-0.3, -0.25) is 10.6 Å². The van der Waals surface area contributed by atoms with Crippen LogP contribution < -0.4 is 16.6 Å². The van der Waals surface area contributed by atoms with E-state index in [1.807, 2.05) is 0 Å². The fourth-order valence-electron chi connectivity index (χ4n) is 1.40. The number of benzene rings is 1. The molecular formula is C8H8ClN3O. The Hall–Kier alpha value is -1.10. The molecule has 0 spiro atoms. The molecule has 5 heteroatoms. The highest BCUT2D eigenvalue weighted by Gasteiger charge is 2.29. The SMILES string of the molecule is NNC1C(=O)Nc2ccc(Cl)cc21. The third kappa shape index (κ3) is 1.29. The summed E-state index contributed by atoms with van der Waals surface area (Å²) < 4.78 is 0. The lowest BCUT2D eigenvalue weighted by molar-refractivity contribution is -0.117.